The number of halogens is 4. The normalized spacial score (nSPS) is 12.2. The van der Waals surface area contributed by atoms with Gasteiger partial charge in [-0.25, -0.2) is 0 Å². The number of benzene rings is 2. The van der Waals surface area contributed by atoms with Crippen LogP contribution >= 0.6 is 11.6 Å². The standard InChI is InChI=1S/C24H28ClF3N4O/c1-3-32(4-2)15-7-14-30-23(33)18-12-10-17(11-13-18)21(16-22(29)24(26,27)28)31-20-9-6-5-8-19(20)25/h5-6,8-13,29H,3-4,7,14-16H2,1-2H3,(H,30,33). The summed E-state index contributed by atoms with van der Waals surface area (Å²) in [6, 6.07) is 12.7. The molecule has 0 saturated carbocycles. The van der Waals surface area contributed by atoms with Gasteiger partial charge in [-0.2, -0.15) is 13.2 Å². The van der Waals surface area contributed by atoms with Gasteiger partial charge in [0.1, 0.15) is 5.71 Å². The Hall–Kier alpha value is -2.71. The van der Waals surface area contributed by atoms with Crippen molar-refractivity contribution < 1.29 is 18.0 Å². The minimum atomic E-state index is -4.76. The van der Waals surface area contributed by atoms with Crippen LogP contribution in [0.4, 0.5) is 18.9 Å². The average molecular weight is 481 g/mol. The summed E-state index contributed by atoms with van der Waals surface area (Å²) < 4.78 is 39.0. The lowest BCUT2D eigenvalue weighted by Gasteiger charge is -2.17. The monoisotopic (exact) mass is 480 g/mol. The lowest BCUT2D eigenvalue weighted by Crippen LogP contribution is -2.30. The zero-order valence-electron chi connectivity index (χ0n) is 18.7. The number of para-hydroxylation sites is 1. The van der Waals surface area contributed by atoms with Crippen molar-refractivity contribution in [3.8, 4) is 0 Å². The van der Waals surface area contributed by atoms with E-state index in [2.05, 4.69) is 29.1 Å². The summed E-state index contributed by atoms with van der Waals surface area (Å²) in [7, 11) is 0. The first-order chi connectivity index (χ1) is 15.7. The topological polar surface area (TPSA) is 68.6 Å². The molecule has 0 aliphatic rings. The van der Waals surface area contributed by atoms with E-state index in [9.17, 15) is 18.0 Å². The van der Waals surface area contributed by atoms with Crippen LogP contribution in [0.1, 0.15) is 42.6 Å². The van der Waals surface area contributed by atoms with Crippen LogP contribution in [0.25, 0.3) is 0 Å². The quantitative estimate of drug-likeness (QED) is 0.311. The summed E-state index contributed by atoms with van der Waals surface area (Å²) in [6.45, 7) is 7.50. The number of aliphatic imine (C=N–C) groups is 1. The summed E-state index contributed by atoms with van der Waals surface area (Å²) in [4.78, 5) is 19.0. The second kappa shape index (κ2) is 12.5. The summed E-state index contributed by atoms with van der Waals surface area (Å²) in [6.07, 6.45) is -4.66. The number of hydrogen-bond acceptors (Lipinski definition) is 4. The Morgan fingerprint density at radius 2 is 1.67 bits per heavy atom. The van der Waals surface area contributed by atoms with Crippen molar-refractivity contribution in [2.24, 2.45) is 4.99 Å². The van der Waals surface area contributed by atoms with Crippen LogP contribution in [0.2, 0.25) is 5.02 Å². The van der Waals surface area contributed by atoms with E-state index in [0.717, 1.165) is 26.1 Å². The Labute approximate surface area is 197 Å². The van der Waals surface area contributed by atoms with Gasteiger partial charge in [0, 0.05) is 18.5 Å². The second-order valence-corrected chi connectivity index (χ2v) is 7.78. The van der Waals surface area contributed by atoms with Crippen molar-refractivity contribution in [1.29, 1.82) is 5.41 Å². The van der Waals surface area contributed by atoms with Crippen molar-refractivity contribution in [3.05, 3.63) is 64.7 Å². The van der Waals surface area contributed by atoms with Gasteiger partial charge < -0.3 is 15.6 Å². The molecule has 0 bridgehead atoms. The van der Waals surface area contributed by atoms with E-state index < -0.39 is 18.3 Å². The van der Waals surface area contributed by atoms with Crippen LogP contribution in [0, 0.1) is 5.41 Å². The molecular weight excluding hydrogens is 453 g/mol. The van der Waals surface area contributed by atoms with Gasteiger partial charge >= 0.3 is 6.18 Å². The molecule has 0 aromatic heterocycles. The number of nitrogens with zero attached hydrogens (tertiary/aromatic N) is 2. The van der Waals surface area contributed by atoms with Gasteiger partial charge in [0.25, 0.3) is 5.91 Å². The third kappa shape index (κ3) is 8.29. The highest BCUT2D eigenvalue weighted by Crippen LogP contribution is 2.27. The van der Waals surface area contributed by atoms with Crippen molar-refractivity contribution in [2.45, 2.75) is 32.9 Å². The average Bonchev–Trinajstić information content (AvgIpc) is 2.79. The zero-order chi connectivity index (χ0) is 24.4. The molecule has 0 saturated heterocycles. The van der Waals surface area contributed by atoms with E-state index in [0.29, 0.717) is 23.4 Å². The van der Waals surface area contributed by atoms with Gasteiger partial charge in [-0.3, -0.25) is 9.79 Å². The van der Waals surface area contributed by atoms with E-state index >= 15 is 0 Å². The van der Waals surface area contributed by atoms with Gasteiger partial charge in [0.15, 0.2) is 0 Å². The van der Waals surface area contributed by atoms with Crippen LogP contribution in [0.5, 0.6) is 0 Å². The Kier molecular flexibility index (Phi) is 10.1. The van der Waals surface area contributed by atoms with Crippen LogP contribution < -0.4 is 5.32 Å². The summed E-state index contributed by atoms with van der Waals surface area (Å²) in [5.41, 5.74) is -0.300. The SMILES string of the molecule is CCN(CC)CCCNC(=O)c1ccc(C(CC(=N)C(F)(F)F)=Nc2ccccc2Cl)cc1. The van der Waals surface area contributed by atoms with Crippen molar-refractivity contribution in [2.75, 3.05) is 26.2 Å². The maximum absolute atomic E-state index is 13.0. The predicted molar refractivity (Wildman–Crippen MR) is 127 cm³/mol. The molecule has 0 spiro atoms. The minimum absolute atomic E-state index is 0.0385. The van der Waals surface area contributed by atoms with Crippen LogP contribution in [0.15, 0.2) is 53.5 Å². The molecule has 0 fully saturated rings. The number of carbonyl (C=O) groups excluding carboxylic acids is 1. The van der Waals surface area contributed by atoms with Crippen LogP contribution in [-0.2, 0) is 0 Å². The highest BCUT2D eigenvalue weighted by atomic mass is 35.5. The first kappa shape index (κ1) is 26.5. The lowest BCUT2D eigenvalue weighted by molar-refractivity contribution is -0.0605. The van der Waals surface area contributed by atoms with Gasteiger partial charge in [-0.1, -0.05) is 49.7 Å². The number of alkyl halides is 3. The molecule has 5 nitrogen and oxygen atoms in total. The summed E-state index contributed by atoms with van der Waals surface area (Å²) in [5, 5.41) is 10.5. The van der Waals surface area contributed by atoms with Gasteiger partial charge in [0.05, 0.1) is 16.4 Å². The summed E-state index contributed by atoms with van der Waals surface area (Å²) >= 11 is 6.11. The van der Waals surface area contributed by atoms with E-state index in [-0.39, 0.29) is 16.6 Å². The minimum Gasteiger partial charge on any atom is -0.352 e. The van der Waals surface area contributed by atoms with E-state index in [1.165, 1.54) is 24.3 Å². The van der Waals surface area contributed by atoms with Crippen LogP contribution in [0.3, 0.4) is 0 Å². The Morgan fingerprint density at radius 3 is 2.24 bits per heavy atom. The lowest BCUT2D eigenvalue weighted by atomic mass is 10.0. The predicted octanol–water partition coefficient (Wildman–Crippen LogP) is 5.89. The molecular formula is C24H28ClF3N4O. The number of carbonyl (C=O) groups is 1. The molecule has 0 unspecified atom stereocenters. The molecule has 0 heterocycles. The zero-order valence-corrected chi connectivity index (χ0v) is 19.4. The van der Waals surface area contributed by atoms with Gasteiger partial charge in [-0.05, 0) is 55.9 Å². The van der Waals surface area contributed by atoms with Gasteiger partial charge in [-0.15, -0.1) is 0 Å². The summed E-state index contributed by atoms with van der Waals surface area (Å²) in [5.74, 6) is -0.256. The molecule has 0 radical (unpaired) electrons. The molecule has 0 aliphatic carbocycles. The molecule has 2 aromatic carbocycles. The second-order valence-electron chi connectivity index (χ2n) is 7.38. The number of hydrogen-bond donors (Lipinski definition) is 2. The number of rotatable bonds is 11. The first-order valence-electron chi connectivity index (χ1n) is 10.7. The molecule has 178 valence electrons. The molecule has 2 rings (SSSR count). The Balaban J connectivity index is 2.16. The highest BCUT2D eigenvalue weighted by Gasteiger charge is 2.35. The molecule has 33 heavy (non-hydrogen) atoms. The first-order valence-corrected chi connectivity index (χ1v) is 11.1. The Morgan fingerprint density at radius 1 is 1.06 bits per heavy atom. The molecule has 2 N–H and O–H groups in total. The third-order valence-electron chi connectivity index (χ3n) is 5.11. The van der Waals surface area contributed by atoms with E-state index in [1.54, 1.807) is 24.3 Å². The van der Waals surface area contributed by atoms with E-state index in [4.69, 9.17) is 17.0 Å². The highest BCUT2D eigenvalue weighted by molar-refractivity contribution is 6.33. The molecule has 9 heteroatoms. The van der Waals surface area contributed by atoms with Crippen molar-refractivity contribution >= 4 is 34.6 Å². The maximum atomic E-state index is 13.0. The van der Waals surface area contributed by atoms with E-state index in [1.807, 2.05) is 0 Å². The maximum Gasteiger partial charge on any atom is 0.429 e. The number of nitrogens with one attached hydrogen (secondary N) is 2. The smallest absolute Gasteiger partial charge is 0.352 e. The molecule has 0 atom stereocenters. The largest absolute Gasteiger partial charge is 0.429 e. The number of amides is 1. The molecule has 1 amide bonds. The third-order valence-corrected chi connectivity index (χ3v) is 5.43. The fraction of sp³-hybridized carbons (Fsp3) is 0.375. The van der Waals surface area contributed by atoms with Crippen molar-refractivity contribution in [1.82, 2.24) is 10.2 Å². The fourth-order valence-electron chi connectivity index (χ4n) is 3.12. The van der Waals surface area contributed by atoms with Gasteiger partial charge in [0.2, 0.25) is 0 Å². The molecule has 0 aliphatic heterocycles. The fourth-order valence-corrected chi connectivity index (χ4v) is 3.30. The van der Waals surface area contributed by atoms with Crippen LogP contribution in [-0.4, -0.2) is 54.6 Å². The Bertz CT molecular complexity index is 970. The van der Waals surface area contributed by atoms with Crippen molar-refractivity contribution in [3.63, 3.8) is 0 Å². The molecule has 2 aromatic rings.